The smallest absolute Gasteiger partial charge is 0.0618 e. The second kappa shape index (κ2) is 5.15. The summed E-state index contributed by atoms with van der Waals surface area (Å²) in [5.41, 5.74) is 1.47. The Hall–Kier alpha value is -1.05. The van der Waals surface area contributed by atoms with E-state index in [2.05, 4.69) is 49.4 Å². The summed E-state index contributed by atoms with van der Waals surface area (Å²) in [7, 11) is 0. The van der Waals surface area contributed by atoms with Crippen molar-refractivity contribution in [1.82, 2.24) is 0 Å². The van der Waals surface area contributed by atoms with E-state index in [4.69, 9.17) is 16.3 Å². The summed E-state index contributed by atoms with van der Waals surface area (Å²) < 4.78 is 5.76. The lowest BCUT2D eigenvalue weighted by Gasteiger charge is -2.30. The Morgan fingerprint density at radius 2 is 2.00 bits per heavy atom. The van der Waals surface area contributed by atoms with Crippen LogP contribution in [0.4, 0.5) is 0 Å². The molecule has 1 saturated heterocycles. The van der Waals surface area contributed by atoms with Crippen molar-refractivity contribution in [3.63, 3.8) is 0 Å². The molecule has 0 aliphatic carbocycles. The predicted molar refractivity (Wildman–Crippen MR) is 80.8 cm³/mol. The summed E-state index contributed by atoms with van der Waals surface area (Å²) in [6.07, 6.45) is 2.30. The van der Waals surface area contributed by atoms with Crippen LogP contribution in [0, 0.1) is 5.41 Å². The molecule has 2 unspecified atom stereocenters. The Kier molecular flexibility index (Phi) is 3.51. The average Bonchev–Trinajstić information content (AvgIpc) is 2.81. The molecule has 1 aliphatic heterocycles. The Labute approximate surface area is 119 Å². The van der Waals surface area contributed by atoms with E-state index in [0.717, 1.165) is 19.4 Å². The van der Waals surface area contributed by atoms with E-state index < -0.39 is 0 Å². The normalized spacial score (nSPS) is 26.9. The molecular formula is C17H19ClO. The van der Waals surface area contributed by atoms with Crippen LogP contribution in [0.15, 0.2) is 42.5 Å². The molecule has 100 valence electrons. The standard InChI is InChI=1S/C17H19ClO/c1-13-17(12-18,9-10-19-13)11-15-7-4-6-14-5-2-3-8-16(14)15/h2-8,13H,9-12H2,1H3. The molecule has 1 fully saturated rings. The van der Waals surface area contributed by atoms with Crippen LogP contribution in [-0.4, -0.2) is 18.6 Å². The van der Waals surface area contributed by atoms with Gasteiger partial charge in [-0.1, -0.05) is 42.5 Å². The lowest BCUT2D eigenvalue weighted by Crippen LogP contribution is -2.33. The van der Waals surface area contributed by atoms with Crippen molar-refractivity contribution >= 4 is 22.4 Å². The topological polar surface area (TPSA) is 9.23 Å². The van der Waals surface area contributed by atoms with Gasteiger partial charge in [0.25, 0.3) is 0 Å². The fraction of sp³-hybridized carbons (Fsp3) is 0.412. The number of fused-ring (bicyclic) bond motifs is 1. The molecule has 0 bridgehead atoms. The van der Waals surface area contributed by atoms with Crippen molar-refractivity contribution < 1.29 is 4.74 Å². The van der Waals surface area contributed by atoms with Crippen LogP contribution in [-0.2, 0) is 11.2 Å². The molecule has 0 N–H and O–H groups in total. The largest absolute Gasteiger partial charge is 0.378 e. The van der Waals surface area contributed by atoms with Crippen LogP contribution in [0.1, 0.15) is 18.9 Å². The lowest BCUT2D eigenvalue weighted by molar-refractivity contribution is 0.0737. The number of rotatable bonds is 3. The highest BCUT2D eigenvalue weighted by atomic mass is 35.5. The van der Waals surface area contributed by atoms with Crippen LogP contribution >= 0.6 is 11.6 Å². The van der Waals surface area contributed by atoms with Gasteiger partial charge in [-0.25, -0.2) is 0 Å². The van der Waals surface area contributed by atoms with Gasteiger partial charge in [-0.2, -0.15) is 0 Å². The summed E-state index contributed by atoms with van der Waals surface area (Å²) in [5, 5.41) is 2.64. The van der Waals surface area contributed by atoms with Gasteiger partial charge in [-0.3, -0.25) is 0 Å². The molecule has 3 rings (SSSR count). The second-order valence-electron chi connectivity index (χ2n) is 5.57. The van der Waals surface area contributed by atoms with Gasteiger partial charge in [0.15, 0.2) is 0 Å². The summed E-state index contributed by atoms with van der Waals surface area (Å²) in [5.74, 6) is 0.664. The molecule has 2 heteroatoms. The highest BCUT2D eigenvalue weighted by Crippen LogP contribution is 2.40. The van der Waals surface area contributed by atoms with Gasteiger partial charge >= 0.3 is 0 Å². The lowest BCUT2D eigenvalue weighted by atomic mass is 9.77. The third-order valence-corrected chi connectivity index (χ3v) is 5.05. The summed E-state index contributed by atoms with van der Waals surface area (Å²) in [4.78, 5) is 0. The van der Waals surface area contributed by atoms with Gasteiger partial charge in [-0.15, -0.1) is 11.6 Å². The quantitative estimate of drug-likeness (QED) is 0.753. The number of ether oxygens (including phenoxy) is 1. The summed E-state index contributed by atoms with van der Waals surface area (Å²) in [6, 6.07) is 15.1. The minimum Gasteiger partial charge on any atom is -0.378 e. The molecule has 0 aromatic heterocycles. The Bertz CT molecular complexity index is 575. The molecule has 2 aromatic carbocycles. The first-order valence-corrected chi connectivity index (χ1v) is 7.43. The molecule has 1 aliphatic rings. The molecule has 1 nitrogen and oxygen atoms in total. The third-order valence-electron chi connectivity index (χ3n) is 4.52. The zero-order chi connectivity index (χ0) is 13.3. The van der Waals surface area contributed by atoms with Crippen molar-refractivity contribution in [2.24, 2.45) is 5.41 Å². The predicted octanol–water partition coefficient (Wildman–Crippen LogP) is 4.42. The maximum atomic E-state index is 6.28. The monoisotopic (exact) mass is 274 g/mol. The van der Waals surface area contributed by atoms with Crippen LogP contribution in [0.5, 0.6) is 0 Å². The highest BCUT2D eigenvalue weighted by molar-refractivity contribution is 6.18. The van der Waals surface area contributed by atoms with Crippen LogP contribution in [0.25, 0.3) is 10.8 Å². The molecule has 0 amide bonds. The third kappa shape index (κ3) is 2.26. The van der Waals surface area contributed by atoms with Crippen molar-refractivity contribution in [3.8, 4) is 0 Å². The number of hydrogen-bond acceptors (Lipinski definition) is 1. The first-order valence-electron chi connectivity index (χ1n) is 6.89. The Balaban J connectivity index is 2.01. The van der Waals surface area contributed by atoms with E-state index >= 15 is 0 Å². The van der Waals surface area contributed by atoms with Gasteiger partial charge in [0.2, 0.25) is 0 Å². The SMILES string of the molecule is CC1OCCC1(CCl)Cc1cccc2ccccc12. The van der Waals surface area contributed by atoms with Crippen LogP contribution < -0.4 is 0 Å². The molecule has 0 radical (unpaired) electrons. The number of halogens is 1. The summed E-state index contributed by atoms with van der Waals surface area (Å²) in [6.45, 7) is 2.99. The Morgan fingerprint density at radius 1 is 1.21 bits per heavy atom. The van der Waals surface area contributed by atoms with E-state index in [-0.39, 0.29) is 11.5 Å². The maximum Gasteiger partial charge on any atom is 0.0618 e. The molecular weight excluding hydrogens is 256 g/mol. The minimum absolute atomic E-state index is 0.0890. The van der Waals surface area contributed by atoms with E-state index in [1.54, 1.807) is 0 Å². The Morgan fingerprint density at radius 3 is 2.74 bits per heavy atom. The summed E-state index contributed by atoms with van der Waals surface area (Å²) >= 11 is 6.28. The minimum atomic E-state index is 0.0890. The van der Waals surface area contributed by atoms with Crippen LogP contribution in [0.2, 0.25) is 0 Å². The number of alkyl halides is 1. The molecule has 19 heavy (non-hydrogen) atoms. The van der Waals surface area contributed by atoms with Gasteiger partial charge in [-0.05, 0) is 36.1 Å². The zero-order valence-corrected chi connectivity index (χ0v) is 12.0. The molecule has 2 atom stereocenters. The fourth-order valence-corrected chi connectivity index (χ4v) is 3.55. The van der Waals surface area contributed by atoms with Crippen molar-refractivity contribution in [2.45, 2.75) is 25.9 Å². The van der Waals surface area contributed by atoms with Crippen molar-refractivity contribution in [1.29, 1.82) is 0 Å². The van der Waals surface area contributed by atoms with Crippen LogP contribution in [0.3, 0.4) is 0 Å². The number of benzene rings is 2. The van der Waals surface area contributed by atoms with E-state index in [9.17, 15) is 0 Å². The van der Waals surface area contributed by atoms with E-state index in [1.165, 1.54) is 16.3 Å². The average molecular weight is 275 g/mol. The van der Waals surface area contributed by atoms with Gasteiger partial charge in [0.05, 0.1) is 6.10 Å². The first-order chi connectivity index (χ1) is 9.25. The molecule has 2 aromatic rings. The maximum absolute atomic E-state index is 6.28. The van der Waals surface area contributed by atoms with Gasteiger partial charge in [0.1, 0.15) is 0 Å². The van der Waals surface area contributed by atoms with Gasteiger partial charge < -0.3 is 4.74 Å². The molecule has 1 heterocycles. The van der Waals surface area contributed by atoms with Crippen molar-refractivity contribution in [2.75, 3.05) is 12.5 Å². The first kappa shape index (κ1) is 13.0. The fourth-order valence-electron chi connectivity index (χ4n) is 3.10. The highest BCUT2D eigenvalue weighted by Gasteiger charge is 2.41. The molecule has 0 spiro atoms. The second-order valence-corrected chi connectivity index (χ2v) is 5.84. The van der Waals surface area contributed by atoms with Gasteiger partial charge in [0, 0.05) is 17.9 Å². The number of hydrogen-bond donors (Lipinski definition) is 0. The zero-order valence-electron chi connectivity index (χ0n) is 11.2. The van der Waals surface area contributed by atoms with E-state index in [1.807, 2.05) is 0 Å². The van der Waals surface area contributed by atoms with Crippen molar-refractivity contribution in [3.05, 3.63) is 48.0 Å². The molecule has 0 saturated carbocycles. The van der Waals surface area contributed by atoms with E-state index in [0.29, 0.717) is 5.88 Å².